The van der Waals surface area contributed by atoms with Gasteiger partial charge in [-0.1, -0.05) is 12.1 Å². The Morgan fingerprint density at radius 3 is 2.63 bits per heavy atom. The molecule has 2 heterocycles. The van der Waals surface area contributed by atoms with Crippen molar-refractivity contribution in [1.82, 2.24) is 24.6 Å². The number of alkyl halides is 3. The van der Waals surface area contributed by atoms with Gasteiger partial charge in [-0.25, -0.2) is 9.67 Å². The zero-order valence-corrected chi connectivity index (χ0v) is 18.7. The summed E-state index contributed by atoms with van der Waals surface area (Å²) >= 11 is 0. The molecule has 0 bridgehead atoms. The fraction of sp³-hybridized carbons (Fsp3) is 0.250. The predicted molar refractivity (Wildman–Crippen MR) is 122 cm³/mol. The molecular weight excluding hydrogens is 463 g/mol. The summed E-state index contributed by atoms with van der Waals surface area (Å²) in [6.07, 6.45) is -1.82. The molecule has 0 aliphatic carbocycles. The van der Waals surface area contributed by atoms with E-state index < -0.39 is 17.3 Å². The van der Waals surface area contributed by atoms with E-state index in [9.17, 15) is 22.8 Å². The highest BCUT2D eigenvalue weighted by molar-refractivity contribution is 5.94. The number of aromatic nitrogens is 4. The topological polar surface area (TPSA) is 91.0 Å². The summed E-state index contributed by atoms with van der Waals surface area (Å²) in [5.74, 6) is 0.415. The molecule has 0 saturated heterocycles. The Morgan fingerprint density at radius 1 is 1.14 bits per heavy atom. The highest BCUT2D eigenvalue weighted by Crippen LogP contribution is 2.29. The van der Waals surface area contributed by atoms with Gasteiger partial charge in [-0.2, -0.15) is 18.3 Å². The van der Waals surface area contributed by atoms with Crippen LogP contribution in [0.3, 0.4) is 0 Å². The van der Waals surface area contributed by atoms with Gasteiger partial charge in [-0.3, -0.25) is 14.2 Å². The highest BCUT2D eigenvalue weighted by Gasteiger charge is 2.30. The smallest absolute Gasteiger partial charge is 0.416 e. The Balaban J connectivity index is 1.42. The minimum atomic E-state index is -4.47. The zero-order chi connectivity index (χ0) is 25.0. The molecule has 0 fully saturated rings. The van der Waals surface area contributed by atoms with Crippen molar-refractivity contribution in [2.75, 3.05) is 13.2 Å². The third-order valence-electron chi connectivity index (χ3n) is 5.27. The number of carbonyl (C=O) groups is 1. The van der Waals surface area contributed by atoms with Crippen molar-refractivity contribution in [2.24, 2.45) is 0 Å². The molecule has 0 spiro atoms. The molecule has 0 aliphatic rings. The number of halogens is 3. The van der Waals surface area contributed by atoms with Crippen LogP contribution in [0.25, 0.3) is 11.0 Å². The number of ether oxygens (including phenoxy) is 1. The normalized spacial score (nSPS) is 11.5. The van der Waals surface area contributed by atoms with Gasteiger partial charge in [-0.15, -0.1) is 0 Å². The third-order valence-corrected chi connectivity index (χ3v) is 5.27. The number of rotatable bonds is 8. The van der Waals surface area contributed by atoms with E-state index in [1.165, 1.54) is 33.9 Å². The average molecular weight is 485 g/mol. The Labute approximate surface area is 198 Å². The second-order valence-electron chi connectivity index (χ2n) is 7.69. The molecular formula is C24H22F3N5O3. The number of hydrogen-bond acceptors (Lipinski definition) is 5. The van der Waals surface area contributed by atoms with E-state index in [0.717, 1.165) is 12.1 Å². The molecule has 0 aliphatic heterocycles. The van der Waals surface area contributed by atoms with Crippen LogP contribution in [0.1, 0.15) is 28.4 Å². The van der Waals surface area contributed by atoms with Crippen molar-refractivity contribution in [2.45, 2.75) is 26.2 Å². The lowest BCUT2D eigenvalue weighted by Gasteiger charge is -2.10. The van der Waals surface area contributed by atoms with E-state index in [1.807, 2.05) is 6.92 Å². The molecule has 4 rings (SSSR count). The monoisotopic (exact) mass is 485 g/mol. The van der Waals surface area contributed by atoms with Crippen molar-refractivity contribution in [3.05, 3.63) is 88.1 Å². The molecule has 2 aromatic heterocycles. The lowest BCUT2D eigenvalue weighted by Crippen LogP contribution is -2.27. The number of fused-ring (bicyclic) bond motifs is 1. The van der Waals surface area contributed by atoms with Crippen LogP contribution >= 0.6 is 0 Å². The van der Waals surface area contributed by atoms with Gasteiger partial charge in [0.1, 0.15) is 17.5 Å². The molecule has 0 radical (unpaired) electrons. The Bertz CT molecular complexity index is 1390. The first-order chi connectivity index (χ1) is 16.8. The molecule has 0 atom stereocenters. The summed E-state index contributed by atoms with van der Waals surface area (Å²) < 4.78 is 47.0. The first-order valence-electron chi connectivity index (χ1n) is 10.8. The quantitative estimate of drug-likeness (QED) is 0.413. The summed E-state index contributed by atoms with van der Waals surface area (Å²) in [4.78, 5) is 29.4. The molecule has 8 nitrogen and oxygen atoms in total. The molecule has 11 heteroatoms. The van der Waals surface area contributed by atoms with E-state index in [4.69, 9.17) is 4.74 Å². The number of carbonyl (C=O) groups excluding carboxylic acids is 1. The minimum absolute atomic E-state index is 0.0605. The fourth-order valence-corrected chi connectivity index (χ4v) is 3.56. The van der Waals surface area contributed by atoms with Gasteiger partial charge >= 0.3 is 6.18 Å². The van der Waals surface area contributed by atoms with Crippen molar-refractivity contribution < 1.29 is 22.7 Å². The number of hydrogen-bond donors (Lipinski definition) is 1. The van der Waals surface area contributed by atoms with Crippen LogP contribution < -0.4 is 15.6 Å². The standard InChI is InChI=1S/C24H22F3N5O3/c1-2-35-19-8-6-17(7-9-19)22(33)28-10-11-32-21-20(13-30-32)23(34)31(15-29-21)14-16-4-3-5-18(12-16)24(25,26)27/h3-9,12-13,15H,2,10-11,14H2,1H3,(H,28,33). The number of nitrogens with zero attached hydrogens (tertiary/aromatic N) is 4. The van der Waals surface area contributed by atoms with Crippen LogP contribution in [0.4, 0.5) is 13.2 Å². The van der Waals surface area contributed by atoms with Crippen LogP contribution in [0.15, 0.2) is 65.8 Å². The summed E-state index contributed by atoms with van der Waals surface area (Å²) in [5.41, 5.74) is -0.0678. The highest BCUT2D eigenvalue weighted by atomic mass is 19.4. The summed E-state index contributed by atoms with van der Waals surface area (Å²) in [6, 6.07) is 11.6. The number of amides is 1. The minimum Gasteiger partial charge on any atom is -0.494 e. The third kappa shape index (κ3) is 5.51. The van der Waals surface area contributed by atoms with Crippen LogP contribution in [0.5, 0.6) is 5.75 Å². The van der Waals surface area contributed by atoms with Gasteiger partial charge in [0.2, 0.25) is 0 Å². The Kier molecular flexibility index (Phi) is 6.85. The maximum absolute atomic E-state index is 13.0. The SMILES string of the molecule is CCOc1ccc(C(=O)NCCn2ncc3c(=O)n(Cc4cccc(C(F)(F)F)c4)cnc32)cc1. The van der Waals surface area contributed by atoms with Gasteiger partial charge < -0.3 is 10.1 Å². The van der Waals surface area contributed by atoms with Crippen LogP contribution in [-0.4, -0.2) is 38.4 Å². The van der Waals surface area contributed by atoms with Crippen molar-refractivity contribution in [3.63, 3.8) is 0 Å². The summed E-state index contributed by atoms with van der Waals surface area (Å²) in [6.45, 7) is 2.87. The molecule has 35 heavy (non-hydrogen) atoms. The van der Waals surface area contributed by atoms with E-state index >= 15 is 0 Å². The molecule has 182 valence electrons. The Morgan fingerprint density at radius 2 is 1.91 bits per heavy atom. The second kappa shape index (κ2) is 10.00. The fourth-order valence-electron chi connectivity index (χ4n) is 3.56. The summed E-state index contributed by atoms with van der Waals surface area (Å²) in [7, 11) is 0. The molecule has 2 aromatic carbocycles. The largest absolute Gasteiger partial charge is 0.494 e. The maximum atomic E-state index is 13.0. The van der Waals surface area contributed by atoms with Crippen molar-refractivity contribution >= 4 is 16.9 Å². The zero-order valence-electron chi connectivity index (χ0n) is 18.7. The first kappa shape index (κ1) is 24.0. The maximum Gasteiger partial charge on any atom is 0.416 e. The van der Waals surface area contributed by atoms with Crippen molar-refractivity contribution in [3.8, 4) is 5.75 Å². The first-order valence-corrected chi connectivity index (χ1v) is 10.8. The van der Waals surface area contributed by atoms with Crippen LogP contribution in [-0.2, 0) is 19.3 Å². The van der Waals surface area contributed by atoms with Gasteiger partial charge in [0.15, 0.2) is 5.65 Å². The average Bonchev–Trinajstić information content (AvgIpc) is 3.25. The molecule has 4 aromatic rings. The van der Waals surface area contributed by atoms with E-state index in [-0.39, 0.29) is 30.9 Å². The van der Waals surface area contributed by atoms with Gasteiger partial charge in [0.25, 0.3) is 11.5 Å². The second-order valence-corrected chi connectivity index (χ2v) is 7.69. The van der Waals surface area contributed by atoms with Gasteiger partial charge in [0.05, 0.1) is 31.5 Å². The number of nitrogens with one attached hydrogen (secondary N) is 1. The molecule has 0 saturated carbocycles. The van der Waals surface area contributed by atoms with E-state index in [0.29, 0.717) is 29.1 Å². The van der Waals surface area contributed by atoms with Crippen molar-refractivity contribution in [1.29, 1.82) is 0 Å². The molecule has 0 unspecified atom stereocenters. The molecule has 1 N–H and O–H groups in total. The van der Waals surface area contributed by atoms with Crippen LogP contribution in [0, 0.1) is 0 Å². The van der Waals surface area contributed by atoms with E-state index in [2.05, 4.69) is 15.4 Å². The van der Waals surface area contributed by atoms with Crippen LogP contribution in [0.2, 0.25) is 0 Å². The lowest BCUT2D eigenvalue weighted by molar-refractivity contribution is -0.137. The predicted octanol–water partition coefficient (Wildman–Crippen LogP) is 3.49. The number of benzene rings is 2. The molecule has 1 amide bonds. The van der Waals surface area contributed by atoms with Gasteiger partial charge in [-0.05, 0) is 48.9 Å². The van der Waals surface area contributed by atoms with E-state index in [1.54, 1.807) is 24.3 Å². The van der Waals surface area contributed by atoms with Gasteiger partial charge in [0, 0.05) is 12.1 Å². The Hall–Kier alpha value is -4.15. The summed E-state index contributed by atoms with van der Waals surface area (Å²) in [5, 5.41) is 7.20. The lowest BCUT2D eigenvalue weighted by atomic mass is 10.1.